The van der Waals surface area contributed by atoms with Gasteiger partial charge in [-0.1, -0.05) is 18.1 Å². The van der Waals surface area contributed by atoms with Gasteiger partial charge in [0, 0.05) is 6.54 Å². The molecule has 0 heterocycles. The van der Waals surface area contributed by atoms with Crippen LogP contribution in [0.1, 0.15) is 12.5 Å². The van der Waals surface area contributed by atoms with Gasteiger partial charge in [0.05, 0.1) is 13.2 Å². The van der Waals surface area contributed by atoms with Crippen molar-refractivity contribution in [2.45, 2.75) is 25.6 Å². The molecule has 0 fully saturated rings. The van der Waals surface area contributed by atoms with Crippen LogP contribution in [0.3, 0.4) is 0 Å². The number of rotatable bonds is 7. The lowest BCUT2D eigenvalue weighted by atomic mass is 10.1. The first-order valence-electron chi connectivity index (χ1n) is 6.23. The molecule has 0 aliphatic heterocycles. The van der Waals surface area contributed by atoms with E-state index in [4.69, 9.17) is 11.2 Å². The monoisotopic (exact) mass is 277 g/mol. The van der Waals surface area contributed by atoms with E-state index in [2.05, 4.69) is 16.0 Å². The van der Waals surface area contributed by atoms with Crippen LogP contribution in [0.2, 0.25) is 0 Å². The number of hydrogen-bond acceptors (Lipinski definition) is 5. The Morgan fingerprint density at radius 1 is 1.45 bits per heavy atom. The van der Waals surface area contributed by atoms with Crippen LogP contribution in [0, 0.1) is 12.3 Å². The lowest BCUT2D eigenvalue weighted by Gasteiger charge is -2.19. The van der Waals surface area contributed by atoms with Gasteiger partial charge in [-0.25, -0.2) is 0 Å². The second kappa shape index (κ2) is 8.20. The molecular formula is C15H19NO4. The van der Waals surface area contributed by atoms with Gasteiger partial charge in [0.1, 0.15) is 18.4 Å². The van der Waals surface area contributed by atoms with Crippen molar-refractivity contribution in [2.75, 3.05) is 13.7 Å². The number of nitrogens with one attached hydrogen (secondary N) is 1. The molecule has 20 heavy (non-hydrogen) atoms. The van der Waals surface area contributed by atoms with Crippen molar-refractivity contribution >= 4 is 5.97 Å². The molecule has 0 radical (unpaired) electrons. The van der Waals surface area contributed by atoms with Crippen molar-refractivity contribution in [1.82, 2.24) is 5.32 Å². The molecule has 108 valence electrons. The number of hydrogen-bond donors (Lipinski definition) is 2. The Morgan fingerprint density at radius 3 is 2.60 bits per heavy atom. The molecule has 1 aromatic carbocycles. The van der Waals surface area contributed by atoms with Gasteiger partial charge in [-0.3, -0.25) is 10.1 Å². The summed E-state index contributed by atoms with van der Waals surface area (Å²) in [6.07, 6.45) is 4.27. The zero-order chi connectivity index (χ0) is 15.0. The second-order valence-electron chi connectivity index (χ2n) is 4.26. The first kappa shape index (κ1) is 16.0. The summed E-state index contributed by atoms with van der Waals surface area (Å²) in [5.41, 5.74) is 0.951. The van der Waals surface area contributed by atoms with Crippen LogP contribution in [-0.2, 0) is 16.1 Å². The normalized spacial score (nSPS) is 13.1. The Hall–Kier alpha value is -2.03. The van der Waals surface area contributed by atoms with E-state index in [1.54, 1.807) is 12.1 Å². The van der Waals surface area contributed by atoms with Gasteiger partial charge in [0.25, 0.3) is 0 Å². The van der Waals surface area contributed by atoms with Crippen LogP contribution in [0.25, 0.3) is 0 Å². The average molecular weight is 277 g/mol. The number of esters is 1. The van der Waals surface area contributed by atoms with Crippen molar-refractivity contribution in [1.29, 1.82) is 0 Å². The number of methoxy groups -OCH3 is 1. The van der Waals surface area contributed by atoms with Crippen LogP contribution in [-0.4, -0.2) is 36.9 Å². The molecule has 0 unspecified atom stereocenters. The van der Waals surface area contributed by atoms with Gasteiger partial charge in [-0.05, 0) is 24.6 Å². The number of aliphatic hydroxyl groups is 1. The smallest absolute Gasteiger partial charge is 0.325 e. The van der Waals surface area contributed by atoms with E-state index < -0.39 is 18.1 Å². The number of ether oxygens (including phenoxy) is 2. The van der Waals surface area contributed by atoms with Crippen molar-refractivity contribution in [3.8, 4) is 18.1 Å². The zero-order valence-electron chi connectivity index (χ0n) is 11.6. The molecule has 0 saturated carbocycles. The van der Waals surface area contributed by atoms with E-state index >= 15 is 0 Å². The second-order valence-corrected chi connectivity index (χ2v) is 4.26. The Balaban J connectivity index is 2.56. The summed E-state index contributed by atoms with van der Waals surface area (Å²) in [5, 5.41) is 12.5. The molecule has 5 nitrogen and oxygen atoms in total. The predicted octanol–water partition coefficient (Wildman–Crippen LogP) is 0.711. The maximum atomic E-state index is 11.5. The van der Waals surface area contributed by atoms with Crippen LogP contribution in [0.15, 0.2) is 24.3 Å². The highest BCUT2D eigenvalue weighted by Crippen LogP contribution is 2.12. The average Bonchev–Trinajstić information content (AvgIpc) is 2.45. The van der Waals surface area contributed by atoms with Gasteiger partial charge in [-0.2, -0.15) is 0 Å². The van der Waals surface area contributed by atoms with Gasteiger partial charge in [0.15, 0.2) is 0 Å². The van der Waals surface area contributed by atoms with E-state index in [1.807, 2.05) is 12.1 Å². The van der Waals surface area contributed by atoms with E-state index in [0.717, 1.165) is 5.56 Å². The summed E-state index contributed by atoms with van der Waals surface area (Å²) in [6, 6.07) is 6.55. The first-order valence-corrected chi connectivity index (χ1v) is 6.23. The summed E-state index contributed by atoms with van der Waals surface area (Å²) in [5.74, 6) is 2.58. The van der Waals surface area contributed by atoms with Crippen LogP contribution < -0.4 is 10.1 Å². The molecule has 0 aliphatic rings. The fourth-order valence-corrected chi connectivity index (χ4v) is 1.63. The first-order chi connectivity index (χ1) is 9.58. The van der Waals surface area contributed by atoms with Crippen LogP contribution >= 0.6 is 0 Å². The third-order valence-corrected chi connectivity index (χ3v) is 2.71. The summed E-state index contributed by atoms with van der Waals surface area (Å²) in [4.78, 5) is 11.5. The summed E-state index contributed by atoms with van der Waals surface area (Å²) in [7, 11) is 1.29. The SMILES string of the molecule is C#CCOc1ccc(CN[C@H](C(=O)OC)[C@H](C)O)cc1. The van der Waals surface area contributed by atoms with E-state index in [-0.39, 0.29) is 6.61 Å². The van der Waals surface area contributed by atoms with E-state index in [1.165, 1.54) is 14.0 Å². The van der Waals surface area contributed by atoms with Gasteiger partial charge < -0.3 is 14.6 Å². The number of benzene rings is 1. The maximum absolute atomic E-state index is 11.5. The van der Waals surface area contributed by atoms with Crippen LogP contribution in [0.4, 0.5) is 0 Å². The van der Waals surface area contributed by atoms with E-state index in [0.29, 0.717) is 12.3 Å². The molecule has 0 bridgehead atoms. The number of aliphatic hydroxyl groups excluding tert-OH is 1. The summed E-state index contributed by atoms with van der Waals surface area (Å²) >= 11 is 0. The van der Waals surface area contributed by atoms with Crippen molar-refractivity contribution < 1.29 is 19.4 Å². The Labute approximate surface area is 118 Å². The highest BCUT2D eigenvalue weighted by atomic mass is 16.5. The Bertz CT molecular complexity index is 462. The number of carbonyl (C=O) groups excluding carboxylic acids is 1. The molecule has 5 heteroatoms. The molecule has 1 aromatic rings. The minimum Gasteiger partial charge on any atom is -0.481 e. The number of carbonyl (C=O) groups is 1. The zero-order valence-corrected chi connectivity index (χ0v) is 11.6. The van der Waals surface area contributed by atoms with Crippen LogP contribution in [0.5, 0.6) is 5.75 Å². The molecule has 0 amide bonds. The predicted molar refractivity (Wildman–Crippen MR) is 75.1 cm³/mol. The highest BCUT2D eigenvalue weighted by Gasteiger charge is 2.23. The Morgan fingerprint density at radius 2 is 2.10 bits per heavy atom. The van der Waals surface area contributed by atoms with Gasteiger partial charge in [0.2, 0.25) is 0 Å². The molecule has 0 aliphatic carbocycles. The molecular weight excluding hydrogens is 258 g/mol. The fraction of sp³-hybridized carbons (Fsp3) is 0.400. The van der Waals surface area contributed by atoms with Crippen molar-refractivity contribution in [2.24, 2.45) is 0 Å². The lowest BCUT2D eigenvalue weighted by molar-refractivity contribution is -0.145. The van der Waals surface area contributed by atoms with Crippen molar-refractivity contribution in [3.05, 3.63) is 29.8 Å². The highest BCUT2D eigenvalue weighted by molar-refractivity contribution is 5.76. The standard InChI is InChI=1S/C15H19NO4/c1-4-9-20-13-7-5-12(6-8-13)10-16-14(11(2)17)15(18)19-3/h1,5-8,11,14,16-17H,9-10H2,2-3H3/t11-,14-/m0/s1. The molecule has 0 spiro atoms. The molecule has 2 N–H and O–H groups in total. The van der Waals surface area contributed by atoms with Gasteiger partial charge >= 0.3 is 5.97 Å². The summed E-state index contributed by atoms with van der Waals surface area (Å²) in [6.45, 7) is 2.19. The minimum absolute atomic E-state index is 0.226. The quantitative estimate of drug-likeness (QED) is 0.567. The number of terminal acetylenes is 1. The Kier molecular flexibility index (Phi) is 6.57. The molecule has 0 aromatic heterocycles. The van der Waals surface area contributed by atoms with Gasteiger partial charge in [-0.15, -0.1) is 6.42 Å². The van der Waals surface area contributed by atoms with E-state index in [9.17, 15) is 9.90 Å². The topological polar surface area (TPSA) is 67.8 Å². The largest absolute Gasteiger partial charge is 0.481 e. The molecule has 0 saturated heterocycles. The third-order valence-electron chi connectivity index (χ3n) is 2.71. The fourth-order valence-electron chi connectivity index (χ4n) is 1.63. The summed E-state index contributed by atoms with van der Waals surface area (Å²) < 4.78 is 9.88. The lowest BCUT2D eigenvalue weighted by Crippen LogP contribution is -2.45. The minimum atomic E-state index is -0.833. The van der Waals surface area contributed by atoms with Crippen molar-refractivity contribution in [3.63, 3.8) is 0 Å². The molecule has 1 rings (SSSR count). The maximum Gasteiger partial charge on any atom is 0.325 e. The third kappa shape index (κ3) is 4.92. The molecule has 2 atom stereocenters.